The van der Waals surface area contributed by atoms with Crippen LogP contribution in [0.4, 0.5) is 0 Å². The van der Waals surface area contributed by atoms with Crippen molar-refractivity contribution in [2.24, 2.45) is 5.73 Å². The minimum absolute atomic E-state index is 0.143. The molecule has 2 atom stereocenters. The number of fused-ring (bicyclic) bond motifs is 1. The average molecular weight is 410 g/mol. The van der Waals surface area contributed by atoms with Crippen LogP contribution in [-0.4, -0.2) is 42.3 Å². The molecular weight excluding hydrogens is 378 g/mol. The number of nitrogens with one attached hydrogen (secondary N) is 2. The first-order valence-electron chi connectivity index (χ1n) is 10.5. The maximum Gasteiger partial charge on any atom is 0.314 e. The number of ether oxygens (including phenoxy) is 1. The molecule has 0 bridgehead atoms. The number of esters is 1. The summed E-state index contributed by atoms with van der Waals surface area (Å²) >= 11 is 0. The summed E-state index contributed by atoms with van der Waals surface area (Å²) in [5, 5.41) is 13.8. The predicted molar refractivity (Wildman–Crippen MR) is 120 cm³/mol. The Labute approximate surface area is 177 Å². The molecule has 1 aliphatic heterocycles. The van der Waals surface area contributed by atoms with Gasteiger partial charge >= 0.3 is 5.97 Å². The molecule has 1 aliphatic rings. The fourth-order valence-electron chi connectivity index (χ4n) is 4.01. The van der Waals surface area contributed by atoms with Crippen molar-refractivity contribution >= 4 is 16.9 Å². The van der Waals surface area contributed by atoms with Crippen molar-refractivity contribution in [2.75, 3.05) is 20.2 Å². The summed E-state index contributed by atoms with van der Waals surface area (Å²) in [6.45, 7) is 1.62. The third kappa shape index (κ3) is 5.40. The summed E-state index contributed by atoms with van der Waals surface area (Å²) in [5.74, 6) is -0.0255. The van der Waals surface area contributed by atoms with E-state index in [2.05, 4.69) is 10.3 Å². The molecule has 3 aromatic rings. The quantitative estimate of drug-likeness (QED) is 0.484. The zero-order valence-corrected chi connectivity index (χ0v) is 17.4. The highest BCUT2D eigenvalue weighted by atomic mass is 16.5. The molecule has 2 unspecified atom stereocenters. The third-order valence-electron chi connectivity index (χ3n) is 5.53. The zero-order valence-electron chi connectivity index (χ0n) is 17.4. The fraction of sp³-hybridized carbons (Fsp3) is 0.375. The van der Waals surface area contributed by atoms with Gasteiger partial charge in [-0.3, -0.25) is 4.79 Å². The molecule has 0 saturated carbocycles. The van der Waals surface area contributed by atoms with Gasteiger partial charge in [-0.1, -0.05) is 36.8 Å². The summed E-state index contributed by atoms with van der Waals surface area (Å²) in [6, 6.07) is 15.4. The lowest BCUT2D eigenvalue weighted by molar-refractivity contribution is -0.143. The van der Waals surface area contributed by atoms with Gasteiger partial charge in [-0.2, -0.15) is 0 Å². The lowest BCUT2D eigenvalue weighted by atomic mass is 9.86. The van der Waals surface area contributed by atoms with Crippen molar-refractivity contribution in [3.8, 4) is 5.75 Å². The van der Waals surface area contributed by atoms with Gasteiger partial charge < -0.3 is 25.9 Å². The molecule has 6 nitrogen and oxygen atoms in total. The lowest BCUT2D eigenvalue weighted by Crippen LogP contribution is -2.42. The number of phenols is 1. The number of rotatable bonds is 5. The monoisotopic (exact) mass is 409 g/mol. The molecule has 2 heterocycles. The molecule has 6 heteroatoms. The van der Waals surface area contributed by atoms with Crippen LogP contribution in [0.15, 0.2) is 54.7 Å². The molecule has 5 N–H and O–H groups in total. The number of carbonyl (C=O) groups excluding carboxylic acids is 1. The number of phenolic OH excluding ortho intramolecular Hbond substituents is 1. The minimum Gasteiger partial charge on any atom is -0.508 e. The van der Waals surface area contributed by atoms with E-state index in [1.54, 1.807) is 12.1 Å². The Kier molecular flexibility index (Phi) is 7.88. The number of hydrogen-bond acceptors (Lipinski definition) is 5. The molecule has 0 aliphatic carbocycles. The molecule has 1 aromatic heterocycles. The second-order valence-corrected chi connectivity index (χ2v) is 7.55. The van der Waals surface area contributed by atoms with Gasteiger partial charge in [-0.05, 0) is 61.7 Å². The Bertz CT molecular complexity index is 933. The summed E-state index contributed by atoms with van der Waals surface area (Å²) < 4.78 is 4.94. The van der Waals surface area contributed by atoms with E-state index in [1.807, 2.05) is 42.6 Å². The Morgan fingerprint density at radius 2 is 2.03 bits per heavy atom. The Hall–Kier alpha value is -2.83. The van der Waals surface area contributed by atoms with Crippen molar-refractivity contribution in [3.05, 3.63) is 65.9 Å². The molecule has 2 aromatic carbocycles. The number of methoxy groups -OCH3 is 1. The molecule has 4 rings (SSSR count). The first kappa shape index (κ1) is 21.9. The van der Waals surface area contributed by atoms with Gasteiger partial charge in [-0.25, -0.2) is 0 Å². The van der Waals surface area contributed by atoms with Crippen molar-refractivity contribution < 1.29 is 14.6 Å². The number of piperidine rings is 1. The largest absolute Gasteiger partial charge is 0.508 e. The van der Waals surface area contributed by atoms with E-state index in [9.17, 15) is 9.90 Å². The normalized spacial score (nSPS) is 17.1. The van der Waals surface area contributed by atoms with E-state index < -0.39 is 0 Å². The second kappa shape index (κ2) is 10.8. The molecule has 0 amide bonds. The molecule has 0 radical (unpaired) electrons. The molecule has 0 spiro atoms. The summed E-state index contributed by atoms with van der Waals surface area (Å²) in [5.41, 5.74) is 8.72. The van der Waals surface area contributed by atoms with E-state index in [0.717, 1.165) is 41.4 Å². The van der Waals surface area contributed by atoms with E-state index in [0.29, 0.717) is 12.3 Å². The van der Waals surface area contributed by atoms with Crippen LogP contribution in [0.2, 0.25) is 0 Å². The first-order valence-corrected chi connectivity index (χ1v) is 10.5. The van der Waals surface area contributed by atoms with E-state index in [4.69, 9.17) is 10.5 Å². The summed E-state index contributed by atoms with van der Waals surface area (Å²) in [4.78, 5) is 15.1. The minimum atomic E-state index is -0.179. The number of aromatic hydroxyl groups is 1. The van der Waals surface area contributed by atoms with Gasteiger partial charge in [0.2, 0.25) is 0 Å². The Morgan fingerprint density at radius 1 is 1.23 bits per heavy atom. The fourth-order valence-corrected chi connectivity index (χ4v) is 4.01. The van der Waals surface area contributed by atoms with Crippen molar-refractivity contribution in [2.45, 2.75) is 37.6 Å². The number of carbonyl (C=O) groups is 1. The Morgan fingerprint density at radius 3 is 2.70 bits per heavy atom. The highest BCUT2D eigenvalue weighted by molar-refractivity contribution is 5.84. The molecular formula is C24H31N3O3. The van der Waals surface area contributed by atoms with Crippen LogP contribution in [0.5, 0.6) is 5.75 Å². The first-order chi connectivity index (χ1) is 14.6. The highest BCUT2D eigenvalue weighted by Gasteiger charge is 2.31. The summed E-state index contributed by atoms with van der Waals surface area (Å²) in [7, 11) is 1.46. The van der Waals surface area contributed by atoms with Gasteiger partial charge in [0.15, 0.2) is 0 Å². The van der Waals surface area contributed by atoms with E-state index >= 15 is 0 Å². The molecule has 30 heavy (non-hydrogen) atoms. The van der Waals surface area contributed by atoms with Crippen molar-refractivity contribution in [1.82, 2.24) is 10.3 Å². The number of nitrogens with two attached hydrogens (primary N) is 1. The number of H-pyrrole nitrogens is 1. The van der Waals surface area contributed by atoms with Gasteiger partial charge in [0.05, 0.1) is 13.0 Å². The van der Waals surface area contributed by atoms with Crippen LogP contribution in [0.1, 0.15) is 36.3 Å². The van der Waals surface area contributed by atoms with Crippen LogP contribution < -0.4 is 11.1 Å². The molecule has 160 valence electrons. The lowest BCUT2D eigenvalue weighted by Gasteiger charge is -2.29. The number of hydrogen-bond donors (Lipinski definition) is 4. The predicted octanol–water partition coefficient (Wildman–Crippen LogP) is 3.46. The maximum absolute atomic E-state index is 11.9. The topological polar surface area (TPSA) is 100 Å². The van der Waals surface area contributed by atoms with Gasteiger partial charge in [0.25, 0.3) is 0 Å². The standard InChI is InChI=1S/C14H19NO2.C10H12N2O/c1-17-14(16)13(11-7-3-2-4-8-11)12-9-5-6-10-15-12;11-4-3-7-6-12-10-2-1-8(13)5-9(7)10/h2-4,7-8,12-13,15H,5-6,9-10H2,1H3;1-2,5-6,12-13H,3-4,11H2. The highest BCUT2D eigenvalue weighted by Crippen LogP contribution is 2.26. The van der Waals surface area contributed by atoms with Gasteiger partial charge in [-0.15, -0.1) is 0 Å². The number of aromatic amines is 1. The van der Waals surface area contributed by atoms with Crippen LogP contribution in [0.3, 0.4) is 0 Å². The van der Waals surface area contributed by atoms with Crippen LogP contribution in [0, 0.1) is 0 Å². The van der Waals surface area contributed by atoms with Crippen molar-refractivity contribution in [3.63, 3.8) is 0 Å². The van der Waals surface area contributed by atoms with Gasteiger partial charge in [0.1, 0.15) is 5.75 Å². The van der Waals surface area contributed by atoms with E-state index in [1.165, 1.54) is 20.0 Å². The third-order valence-corrected chi connectivity index (χ3v) is 5.53. The number of aromatic nitrogens is 1. The SMILES string of the molecule is COC(=O)C(c1ccccc1)C1CCCCN1.NCCc1c[nH]c2ccc(O)cc12. The molecule has 1 fully saturated rings. The average Bonchev–Trinajstić information content (AvgIpc) is 3.18. The van der Waals surface area contributed by atoms with Crippen molar-refractivity contribution in [1.29, 1.82) is 0 Å². The zero-order chi connectivity index (χ0) is 21.3. The van der Waals surface area contributed by atoms with Gasteiger partial charge in [0, 0.05) is 23.1 Å². The maximum atomic E-state index is 11.9. The van der Waals surface area contributed by atoms with Crippen LogP contribution >= 0.6 is 0 Å². The Balaban J connectivity index is 0.000000177. The van der Waals surface area contributed by atoms with Crippen LogP contribution in [0.25, 0.3) is 10.9 Å². The second-order valence-electron chi connectivity index (χ2n) is 7.55. The summed E-state index contributed by atoms with van der Waals surface area (Å²) in [6.07, 6.45) is 6.19. The number of benzene rings is 2. The smallest absolute Gasteiger partial charge is 0.314 e. The van der Waals surface area contributed by atoms with Crippen LogP contribution in [-0.2, 0) is 16.0 Å². The van der Waals surface area contributed by atoms with E-state index in [-0.39, 0.29) is 17.9 Å². The molecule has 1 saturated heterocycles.